The van der Waals surface area contributed by atoms with Crippen LogP contribution >= 0.6 is 0 Å². The van der Waals surface area contributed by atoms with Gasteiger partial charge in [-0.3, -0.25) is 4.79 Å². The summed E-state index contributed by atoms with van der Waals surface area (Å²) in [4.78, 5) is 23.3. The first kappa shape index (κ1) is 16.7. The van der Waals surface area contributed by atoms with Crippen molar-refractivity contribution in [2.24, 2.45) is 0 Å². The number of carbonyl (C=O) groups excluding carboxylic acids is 1. The SMILES string of the molecule is CCCNC(=O)NCCCn1nc(-c2ccccc2)ccc1=O. The summed E-state index contributed by atoms with van der Waals surface area (Å²) in [5.41, 5.74) is 1.59. The van der Waals surface area contributed by atoms with Gasteiger partial charge in [-0.05, 0) is 18.9 Å². The number of hydrogen-bond acceptors (Lipinski definition) is 3. The van der Waals surface area contributed by atoms with Gasteiger partial charge in [0.2, 0.25) is 0 Å². The topological polar surface area (TPSA) is 76.0 Å². The number of amides is 2. The van der Waals surface area contributed by atoms with E-state index in [-0.39, 0.29) is 11.6 Å². The summed E-state index contributed by atoms with van der Waals surface area (Å²) in [6.45, 7) is 3.62. The van der Waals surface area contributed by atoms with Crippen molar-refractivity contribution in [2.75, 3.05) is 13.1 Å². The molecule has 2 amide bonds. The Hall–Kier alpha value is -2.63. The summed E-state index contributed by atoms with van der Waals surface area (Å²) in [6, 6.07) is 12.8. The van der Waals surface area contributed by atoms with Crippen molar-refractivity contribution >= 4 is 6.03 Å². The highest BCUT2D eigenvalue weighted by molar-refractivity contribution is 5.73. The summed E-state index contributed by atoms with van der Waals surface area (Å²) in [6.07, 6.45) is 1.55. The minimum absolute atomic E-state index is 0.139. The number of carbonyl (C=O) groups is 1. The van der Waals surface area contributed by atoms with Crippen molar-refractivity contribution in [3.63, 3.8) is 0 Å². The number of hydrogen-bond donors (Lipinski definition) is 2. The van der Waals surface area contributed by atoms with Crippen LogP contribution in [0.1, 0.15) is 19.8 Å². The molecule has 1 aromatic heterocycles. The van der Waals surface area contributed by atoms with E-state index in [4.69, 9.17) is 0 Å². The van der Waals surface area contributed by atoms with Crippen LogP contribution in [-0.2, 0) is 6.54 Å². The summed E-state index contributed by atoms with van der Waals surface area (Å²) in [5.74, 6) is 0. The molecule has 0 aliphatic heterocycles. The third-order valence-electron chi connectivity index (χ3n) is 3.30. The largest absolute Gasteiger partial charge is 0.338 e. The third-order valence-corrected chi connectivity index (χ3v) is 3.30. The smallest absolute Gasteiger partial charge is 0.314 e. The fraction of sp³-hybridized carbons (Fsp3) is 0.353. The number of urea groups is 1. The molecule has 122 valence electrons. The lowest BCUT2D eigenvalue weighted by atomic mass is 10.1. The molecule has 0 aliphatic carbocycles. The number of nitrogens with one attached hydrogen (secondary N) is 2. The lowest BCUT2D eigenvalue weighted by Gasteiger charge is -2.09. The van der Waals surface area contributed by atoms with E-state index in [9.17, 15) is 9.59 Å². The van der Waals surface area contributed by atoms with Gasteiger partial charge in [0.05, 0.1) is 5.69 Å². The van der Waals surface area contributed by atoms with Crippen LogP contribution in [-0.4, -0.2) is 28.9 Å². The monoisotopic (exact) mass is 314 g/mol. The van der Waals surface area contributed by atoms with Gasteiger partial charge in [0, 0.05) is 31.3 Å². The molecular formula is C17H22N4O2. The van der Waals surface area contributed by atoms with E-state index >= 15 is 0 Å². The molecule has 2 N–H and O–H groups in total. The average molecular weight is 314 g/mol. The molecular weight excluding hydrogens is 292 g/mol. The van der Waals surface area contributed by atoms with E-state index in [0.717, 1.165) is 17.7 Å². The highest BCUT2D eigenvalue weighted by Gasteiger charge is 2.03. The van der Waals surface area contributed by atoms with Gasteiger partial charge in [0.15, 0.2) is 0 Å². The number of aryl methyl sites for hydroxylation is 1. The fourth-order valence-electron chi connectivity index (χ4n) is 2.10. The van der Waals surface area contributed by atoms with Gasteiger partial charge in [-0.15, -0.1) is 0 Å². The Labute approximate surface area is 135 Å². The molecule has 1 heterocycles. The summed E-state index contributed by atoms with van der Waals surface area (Å²) >= 11 is 0. The lowest BCUT2D eigenvalue weighted by molar-refractivity contribution is 0.240. The summed E-state index contributed by atoms with van der Waals surface area (Å²) in [5, 5.41) is 9.88. The Morgan fingerprint density at radius 3 is 2.57 bits per heavy atom. The number of aromatic nitrogens is 2. The molecule has 0 saturated carbocycles. The normalized spacial score (nSPS) is 10.3. The van der Waals surface area contributed by atoms with Gasteiger partial charge >= 0.3 is 6.03 Å². The first-order chi connectivity index (χ1) is 11.2. The van der Waals surface area contributed by atoms with Crippen LogP contribution in [0.3, 0.4) is 0 Å². The van der Waals surface area contributed by atoms with Crippen LogP contribution in [0.4, 0.5) is 4.79 Å². The maximum atomic E-state index is 11.9. The van der Waals surface area contributed by atoms with Crippen molar-refractivity contribution in [1.82, 2.24) is 20.4 Å². The second-order valence-electron chi connectivity index (χ2n) is 5.18. The maximum absolute atomic E-state index is 11.9. The zero-order valence-electron chi connectivity index (χ0n) is 13.3. The number of nitrogens with zero attached hydrogens (tertiary/aromatic N) is 2. The third kappa shape index (κ3) is 5.25. The molecule has 1 aromatic carbocycles. The van der Waals surface area contributed by atoms with E-state index in [0.29, 0.717) is 26.1 Å². The second-order valence-corrected chi connectivity index (χ2v) is 5.18. The molecule has 0 atom stereocenters. The zero-order chi connectivity index (χ0) is 16.5. The van der Waals surface area contributed by atoms with E-state index in [2.05, 4.69) is 15.7 Å². The highest BCUT2D eigenvalue weighted by atomic mass is 16.2. The van der Waals surface area contributed by atoms with Crippen molar-refractivity contribution in [3.05, 3.63) is 52.8 Å². The van der Waals surface area contributed by atoms with Gasteiger partial charge in [-0.2, -0.15) is 5.10 Å². The molecule has 6 heteroatoms. The van der Waals surface area contributed by atoms with Crippen LogP contribution in [0.15, 0.2) is 47.3 Å². The summed E-state index contributed by atoms with van der Waals surface area (Å²) in [7, 11) is 0. The van der Waals surface area contributed by atoms with E-state index < -0.39 is 0 Å². The van der Waals surface area contributed by atoms with Crippen molar-refractivity contribution in [2.45, 2.75) is 26.3 Å². The second kappa shape index (κ2) is 8.73. The Morgan fingerprint density at radius 2 is 1.83 bits per heavy atom. The Bertz CT molecular complexity index is 682. The summed E-state index contributed by atoms with van der Waals surface area (Å²) < 4.78 is 1.44. The maximum Gasteiger partial charge on any atom is 0.314 e. The predicted octanol–water partition coefficient (Wildman–Crippen LogP) is 2.01. The fourth-order valence-corrected chi connectivity index (χ4v) is 2.10. The van der Waals surface area contributed by atoms with Gasteiger partial charge in [-0.1, -0.05) is 37.3 Å². The van der Waals surface area contributed by atoms with Crippen molar-refractivity contribution in [1.29, 1.82) is 0 Å². The zero-order valence-corrected chi connectivity index (χ0v) is 13.3. The van der Waals surface area contributed by atoms with Gasteiger partial charge in [0.25, 0.3) is 5.56 Å². The van der Waals surface area contributed by atoms with Crippen molar-refractivity contribution in [3.8, 4) is 11.3 Å². The molecule has 0 spiro atoms. The number of rotatable bonds is 7. The molecule has 0 radical (unpaired) electrons. The molecule has 0 fully saturated rings. The quantitative estimate of drug-likeness (QED) is 0.768. The van der Waals surface area contributed by atoms with Gasteiger partial charge in [0.1, 0.15) is 0 Å². The van der Waals surface area contributed by atoms with Gasteiger partial charge < -0.3 is 10.6 Å². The Kier molecular flexibility index (Phi) is 6.35. The standard InChI is InChI=1S/C17H22N4O2/c1-2-11-18-17(23)19-12-6-13-21-16(22)10-9-15(20-21)14-7-4-3-5-8-14/h3-5,7-10H,2,6,11-13H2,1H3,(H2,18,19,23). The van der Waals surface area contributed by atoms with Crippen LogP contribution in [0.5, 0.6) is 0 Å². The molecule has 0 bridgehead atoms. The predicted molar refractivity (Wildman–Crippen MR) is 90.2 cm³/mol. The molecule has 2 aromatic rings. The minimum Gasteiger partial charge on any atom is -0.338 e. The lowest BCUT2D eigenvalue weighted by Crippen LogP contribution is -2.37. The molecule has 6 nitrogen and oxygen atoms in total. The first-order valence-electron chi connectivity index (χ1n) is 7.86. The Morgan fingerprint density at radius 1 is 1.09 bits per heavy atom. The minimum atomic E-state index is -0.176. The van der Waals surface area contributed by atoms with E-state index in [1.54, 1.807) is 6.07 Å². The molecule has 0 aliphatic rings. The molecule has 23 heavy (non-hydrogen) atoms. The van der Waals surface area contributed by atoms with Crippen LogP contribution in [0.2, 0.25) is 0 Å². The van der Waals surface area contributed by atoms with Crippen LogP contribution in [0.25, 0.3) is 11.3 Å². The van der Waals surface area contributed by atoms with E-state index in [1.807, 2.05) is 37.3 Å². The average Bonchev–Trinajstić information content (AvgIpc) is 2.59. The highest BCUT2D eigenvalue weighted by Crippen LogP contribution is 2.13. The first-order valence-corrected chi connectivity index (χ1v) is 7.86. The Balaban J connectivity index is 1.90. The molecule has 0 unspecified atom stereocenters. The van der Waals surface area contributed by atoms with Crippen LogP contribution in [0, 0.1) is 0 Å². The van der Waals surface area contributed by atoms with Crippen LogP contribution < -0.4 is 16.2 Å². The van der Waals surface area contributed by atoms with Crippen molar-refractivity contribution < 1.29 is 4.79 Å². The number of benzene rings is 1. The van der Waals surface area contributed by atoms with Gasteiger partial charge in [-0.25, -0.2) is 9.48 Å². The molecule has 2 rings (SSSR count). The molecule has 0 saturated heterocycles. The van der Waals surface area contributed by atoms with E-state index in [1.165, 1.54) is 10.7 Å².